The third kappa shape index (κ3) is 4.02. The summed E-state index contributed by atoms with van der Waals surface area (Å²) in [5, 5.41) is 0. The third-order valence-electron chi connectivity index (χ3n) is 2.22. The van der Waals surface area contributed by atoms with Gasteiger partial charge in [-0.3, -0.25) is 0 Å². The van der Waals surface area contributed by atoms with Gasteiger partial charge in [-0.05, 0) is 38.5 Å². The largest absolute Gasteiger partial charge is 0.393 e. The fourth-order valence-corrected chi connectivity index (χ4v) is 1.33. The summed E-state index contributed by atoms with van der Waals surface area (Å²) in [5.41, 5.74) is 5.36. The van der Waals surface area contributed by atoms with Gasteiger partial charge in [0.15, 0.2) is 0 Å². The van der Waals surface area contributed by atoms with Crippen LogP contribution in [-0.4, -0.2) is 17.7 Å². The average molecular weight is 187 g/mol. The number of thiocarbonyl (C=S) groups is 1. The van der Waals surface area contributed by atoms with Gasteiger partial charge in [0, 0.05) is 6.61 Å². The van der Waals surface area contributed by atoms with Gasteiger partial charge in [0.2, 0.25) is 0 Å². The van der Waals surface area contributed by atoms with E-state index in [-0.39, 0.29) is 0 Å². The van der Waals surface area contributed by atoms with E-state index >= 15 is 0 Å². The standard InChI is InChI=1S/C9H17NOS/c10-9(12)6-1-2-7-11-8-4-3-5-8/h8H,1-7H2,(H2,10,12). The van der Waals surface area contributed by atoms with Gasteiger partial charge in [0.25, 0.3) is 0 Å². The SMILES string of the molecule is NC(=S)CCCCOC1CCC1. The highest BCUT2D eigenvalue weighted by molar-refractivity contribution is 7.80. The molecule has 0 unspecified atom stereocenters. The van der Waals surface area contributed by atoms with E-state index in [0.29, 0.717) is 11.1 Å². The molecule has 2 nitrogen and oxygen atoms in total. The molecule has 0 aliphatic heterocycles. The number of unbranched alkanes of at least 4 members (excludes halogenated alkanes) is 1. The predicted molar refractivity (Wildman–Crippen MR) is 54.2 cm³/mol. The molecule has 1 aliphatic carbocycles. The summed E-state index contributed by atoms with van der Waals surface area (Å²) >= 11 is 4.77. The first-order valence-electron chi connectivity index (χ1n) is 4.69. The molecule has 12 heavy (non-hydrogen) atoms. The van der Waals surface area contributed by atoms with E-state index in [4.69, 9.17) is 22.7 Å². The normalized spacial score (nSPS) is 17.3. The van der Waals surface area contributed by atoms with E-state index in [1.807, 2.05) is 0 Å². The molecule has 1 aliphatic rings. The smallest absolute Gasteiger partial charge is 0.0727 e. The maximum absolute atomic E-state index is 5.58. The van der Waals surface area contributed by atoms with Gasteiger partial charge < -0.3 is 10.5 Å². The highest BCUT2D eigenvalue weighted by Crippen LogP contribution is 2.21. The number of hydrogen-bond acceptors (Lipinski definition) is 2. The quantitative estimate of drug-likeness (QED) is 0.510. The lowest BCUT2D eigenvalue weighted by atomic mass is 9.96. The second kappa shape index (κ2) is 5.49. The monoisotopic (exact) mass is 187 g/mol. The first kappa shape index (κ1) is 9.93. The topological polar surface area (TPSA) is 35.2 Å². The zero-order valence-corrected chi connectivity index (χ0v) is 8.24. The lowest BCUT2D eigenvalue weighted by molar-refractivity contribution is 0.000965. The fraction of sp³-hybridized carbons (Fsp3) is 0.889. The molecule has 0 radical (unpaired) electrons. The van der Waals surface area contributed by atoms with Crippen LogP contribution in [0.4, 0.5) is 0 Å². The molecular weight excluding hydrogens is 170 g/mol. The predicted octanol–water partition coefficient (Wildman–Crippen LogP) is 2.01. The lowest BCUT2D eigenvalue weighted by Crippen LogP contribution is -2.22. The molecule has 1 rings (SSSR count). The van der Waals surface area contributed by atoms with Crippen molar-refractivity contribution in [2.45, 2.75) is 44.6 Å². The zero-order valence-electron chi connectivity index (χ0n) is 7.42. The molecule has 0 aromatic heterocycles. The molecule has 0 bridgehead atoms. The van der Waals surface area contributed by atoms with Crippen LogP contribution in [0.3, 0.4) is 0 Å². The van der Waals surface area contributed by atoms with Gasteiger partial charge in [-0.2, -0.15) is 0 Å². The molecule has 70 valence electrons. The molecule has 0 amide bonds. The average Bonchev–Trinajstić information content (AvgIpc) is 1.92. The molecule has 2 N–H and O–H groups in total. The molecule has 0 aromatic rings. The van der Waals surface area contributed by atoms with Crippen LogP contribution in [0.1, 0.15) is 38.5 Å². The zero-order chi connectivity index (χ0) is 8.81. The van der Waals surface area contributed by atoms with Crippen molar-refractivity contribution in [3.8, 4) is 0 Å². The minimum Gasteiger partial charge on any atom is -0.393 e. The first-order valence-corrected chi connectivity index (χ1v) is 5.10. The molecule has 0 spiro atoms. The molecule has 1 fully saturated rings. The van der Waals surface area contributed by atoms with Gasteiger partial charge in [-0.15, -0.1) is 0 Å². The second-order valence-electron chi connectivity index (χ2n) is 3.35. The van der Waals surface area contributed by atoms with Crippen LogP contribution in [0.25, 0.3) is 0 Å². The van der Waals surface area contributed by atoms with Gasteiger partial charge in [-0.25, -0.2) is 0 Å². The van der Waals surface area contributed by atoms with Crippen LogP contribution in [0.2, 0.25) is 0 Å². The van der Waals surface area contributed by atoms with E-state index in [1.54, 1.807) is 0 Å². The van der Waals surface area contributed by atoms with Crippen molar-refractivity contribution in [1.82, 2.24) is 0 Å². The minimum absolute atomic E-state index is 0.565. The number of hydrogen-bond donors (Lipinski definition) is 1. The number of rotatable bonds is 6. The number of ether oxygens (including phenoxy) is 1. The van der Waals surface area contributed by atoms with Crippen LogP contribution in [0.5, 0.6) is 0 Å². The summed E-state index contributed by atoms with van der Waals surface area (Å²) in [6.07, 6.45) is 7.45. The van der Waals surface area contributed by atoms with E-state index in [1.165, 1.54) is 19.3 Å². The minimum atomic E-state index is 0.565. The van der Waals surface area contributed by atoms with Crippen LogP contribution >= 0.6 is 12.2 Å². The fourth-order valence-electron chi connectivity index (χ4n) is 1.19. The van der Waals surface area contributed by atoms with E-state index in [2.05, 4.69) is 0 Å². The van der Waals surface area contributed by atoms with Crippen molar-refractivity contribution in [2.75, 3.05) is 6.61 Å². The van der Waals surface area contributed by atoms with Crippen LogP contribution in [-0.2, 0) is 4.74 Å². The maximum atomic E-state index is 5.58. The van der Waals surface area contributed by atoms with Crippen LogP contribution in [0, 0.1) is 0 Å². The summed E-state index contributed by atoms with van der Waals surface area (Å²) in [6.45, 7) is 0.882. The summed E-state index contributed by atoms with van der Waals surface area (Å²) in [6, 6.07) is 0. The van der Waals surface area contributed by atoms with Crippen molar-refractivity contribution < 1.29 is 4.74 Å². The molecule has 0 atom stereocenters. The summed E-state index contributed by atoms with van der Waals surface area (Å²) in [4.78, 5) is 0.624. The Morgan fingerprint density at radius 2 is 2.17 bits per heavy atom. The summed E-state index contributed by atoms with van der Waals surface area (Å²) in [5.74, 6) is 0. The lowest BCUT2D eigenvalue weighted by Gasteiger charge is -2.25. The molecule has 0 aromatic carbocycles. The summed E-state index contributed by atoms with van der Waals surface area (Å²) in [7, 11) is 0. The van der Waals surface area contributed by atoms with Crippen LogP contribution in [0.15, 0.2) is 0 Å². The second-order valence-corrected chi connectivity index (χ2v) is 3.87. The third-order valence-corrected chi connectivity index (χ3v) is 2.43. The molecular formula is C9H17NOS. The highest BCUT2D eigenvalue weighted by atomic mass is 32.1. The van der Waals surface area contributed by atoms with Crippen molar-refractivity contribution in [1.29, 1.82) is 0 Å². The Labute approximate surface area is 79.5 Å². The van der Waals surface area contributed by atoms with Crippen molar-refractivity contribution >= 4 is 17.2 Å². The van der Waals surface area contributed by atoms with E-state index in [9.17, 15) is 0 Å². The Morgan fingerprint density at radius 1 is 1.42 bits per heavy atom. The Kier molecular flexibility index (Phi) is 4.54. The van der Waals surface area contributed by atoms with Crippen molar-refractivity contribution in [3.63, 3.8) is 0 Å². The van der Waals surface area contributed by atoms with Gasteiger partial charge in [0.1, 0.15) is 0 Å². The molecule has 0 heterocycles. The van der Waals surface area contributed by atoms with Crippen LogP contribution < -0.4 is 5.73 Å². The molecule has 3 heteroatoms. The Bertz CT molecular complexity index is 145. The van der Waals surface area contributed by atoms with E-state index < -0.39 is 0 Å². The Hall–Kier alpha value is -0.150. The summed E-state index contributed by atoms with van der Waals surface area (Å²) < 4.78 is 5.58. The van der Waals surface area contributed by atoms with Gasteiger partial charge >= 0.3 is 0 Å². The maximum Gasteiger partial charge on any atom is 0.0727 e. The highest BCUT2D eigenvalue weighted by Gasteiger charge is 2.16. The molecule has 0 saturated heterocycles. The Balaban J connectivity index is 1.79. The van der Waals surface area contributed by atoms with Crippen molar-refractivity contribution in [3.05, 3.63) is 0 Å². The first-order chi connectivity index (χ1) is 5.79. The van der Waals surface area contributed by atoms with Gasteiger partial charge in [0.05, 0.1) is 11.1 Å². The van der Waals surface area contributed by atoms with Crippen molar-refractivity contribution in [2.24, 2.45) is 5.73 Å². The van der Waals surface area contributed by atoms with E-state index in [0.717, 1.165) is 25.9 Å². The van der Waals surface area contributed by atoms with Gasteiger partial charge in [-0.1, -0.05) is 12.2 Å². The molecule has 1 saturated carbocycles. The Morgan fingerprint density at radius 3 is 2.67 bits per heavy atom. The number of nitrogens with two attached hydrogens (primary N) is 1.